The second-order valence-corrected chi connectivity index (χ2v) is 5.51. The molecule has 0 amide bonds. The lowest BCUT2D eigenvalue weighted by atomic mass is 10.1. The first-order chi connectivity index (χ1) is 13.0. The topological polar surface area (TPSA) is 109 Å². The molecule has 1 aromatic heterocycles. The zero-order chi connectivity index (χ0) is 19.4. The molecule has 2 aromatic carbocycles. The summed E-state index contributed by atoms with van der Waals surface area (Å²) < 4.78 is 15.8. The van der Waals surface area contributed by atoms with Crippen molar-refractivity contribution in [3.05, 3.63) is 75.5 Å². The number of hydrogen-bond acceptors (Lipinski definition) is 7. The molecule has 0 radical (unpaired) electrons. The molecule has 8 heteroatoms. The van der Waals surface area contributed by atoms with Gasteiger partial charge in [0.1, 0.15) is 12.2 Å². The maximum Gasteiger partial charge on any atom is 0.374 e. The minimum Gasteiger partial charge on any atom is -0.460 e. The number of rotatable bonds is 6. The number of furan rings is 1. The Morgan fingerprint density at radius 2 is 1.74 bits per heavy atom. The summed E-state index contributed by atoms with van der Waals surface area (Å²) >= 11 is 0. The van der Waals surface area contributed by atoms with Crippen LogP contribution >= 0.6 is 0 Å². The van der Waals surface area contributed by atoms with Crippen LogP contribution in [0.4, 0.5) is 5.69 Å². The third-order valence-corrected chi connectivity index (χ3v) is 3.82. The Morgan fingerprint density at radius 1 is 1.04 bits per heavy atom. The van der Waals surface area contributed by atoms with E-state index in [1.807, 2.05) is 0 Å². The number of carbonyl (C=O) groups is 2. The summed E-state index contributed by atoms with van der Waals surface area (Å²) in [4.78, 5) is 34.5. The van der Waals surface area contributed by atoms with Gasteiger partial charge in [-0.25, -0.2) is 9.59 Å². The van der Waals surface area contributed by atoms with Gasteiger partial charge in [-0.1, -0.05) is 18.2 Å². The second kappa shape index (κ2) is 7.69. The first kappa shape index (κ1) is 18.1. The lowest BCUT2D eigenvalue weighted by Crippen LogP contribution is -2.10. The van der Waals surface area contributed by atoms with E-state index in [0.717, 1.165) is 0 Å². The lowest BCUT2D eigenvalue weighted by Gasteiger charge is -2.06. The lowest BCUT2D eigenvalue weighted by molar-refractivity contribution is -0.384. The minimum absolute atomic E-state index is 0.0189. The van der Waals surface area contributed by atoms with Gasteiger partial charge in [0.15, 0.2) is 0 Å². The van der Waals surface area contributed by atoms with Crippen LogP contribution in [0.1, 0.15) is 33.4 Å². The van der Waals surface area contributed by atoms with E-state index in [9.17, 15) is 19.7 Å². The van der Waals surface area contributed by atoms with E-state index in [0.29, 0.717) is 16.5 Å². The molecule has 27 heavy (non-hydrogen) atoms. The van der Waals surface area contributed by atoms with Crippen LogP contribution in [-0.4, -0.2) is 23.5 Å². The number of para-hydroxylation sites is 1. The van der Waals surface area contributed by atoms with Crippen molar-refractivity contribution in [1.29, 1.82) is 0 Å². The van der Waals surface area contributed by atoms with Gasteiger partial charge in [-0.3, -0.25) is 10.1 Å². The molecule has 0 saturated heterocycles. The highest BCUT2D eigenvalue weighted by molar-refractivity contribution is 5.96. The SMILES string of the molecule is CCOC(=O)c1oc2ccccc2c1COC(=O)c1ccc([N+](=O)[O-])cc1. The average Bonchev–Trinajstić information content (AvgIpc) is 3.05. The van der Waals surface area contributed by atoms with E-state index in [1.54, 1.807) is 31.2 Å². The van der Waals surface area contributed by atoms with E-state index in [-0.39, 0.29) is 30.2 Å². The summed E-state index contributed by atoms with van der Waals surface area (Å²) in [5.41, 5.74) is 0.907. The number of ether oxygens (including phenoxy) is 2. The van der Waals surface area contributed by atoms with Crippen molar-refractivity contribution in [3.63, 3.8) is 0 Å². The number of nitrogens with zero attached hydrogens (tertiary/aromatic N) is 1. The van der Waals surface area contributed by atoms with Crippen LogP contribution < -0.4 is 0 Å². The number of nitro benzene ring substituents is 1. The van der Waals surface area contributed by atoms with E-state index < -0.39 is 16.9 Å². The summed E-state index contributed by atoms with van der Waals surface area (Å²) in [5.74, 6) is -1.34. The monoisotopic (exact) mass is 369 g/mol. The summed E-state index contributed by atoms with van der Waals surface area (Å²) in [6, 6.07) is 12.0. The maximum atomic E-state index is 12.2. The molecule has 0 bridgehead atoms. The van der Waals surface area contributed by atoms with Crippen LogP contribution in [-0.2, 0) is 16.1 Å². The van der Waals surface area contributed by atoms with Gasteiger partial charge in [-0.15, -0.1) is 0 Å². The molecule has 0 unspecified atom stereocenters. The highest BCUT2D eigenvalue weighted by Gasteiger charge is 2.23. The molecular formula is C19H15NO7. The van der Waals surface area contributed by atoms with Crippen molar-refractivity contribution < 1.29 is 28.4 Å². The van der Waals surface area contributed by atoms with Crippen LogP contribution in [0.15, 0.2) is 52.9 Å². The molecule has 0 spiro atoms. The van der Waals surface area contributed by atoms with Gasteiger partial charge < -0.3 is 13.9 Å². The van der Waals surface area contributed by atoms with Crippen molar-refractivity contribution in [2.45, 2.75) is 13.5 Å². The Balaban J connectivity index is 1.83. The van der Waals surface area contributed by atoms with Gasteiger partial charge in [0.25, 0.3) is 5.69 Å². The van der Waals surface area contributed by atoms with Gasteiger partial charge in [0.05, 0.1) is 22.7 Å². The number of carbonyl (C=O) groups excluding carboxylic acids is 2. The number of nitro groups is 1. The summed E-state index contributed by atoms with van der Waals surface area (Å²) in [7, 11) is 0. The fourth-order valence-electron chi connectivity index (χ4n) is 2.54. The third-order valence-electron chi connectivity index (χ3n) is 3.82. The van der Waals surface area contributed by atoms with Gasteiger partial charge >= 0.3 is 11.9 Å². The molecule has 0 aliphatic heterocycles. The third kappa shape index (κ3) is 3.79. The molecule has 3 rings (SSSR count). The van der Waals surface area contributed by atoms with Crippen molar-refractivity contribution in [2.75, 3.05) is 6.61 Å². The number of benzene rings is 2. The van der Waals surface area contributed by atoms with Crippen LogP contribution in [0.25, 0.3) is 11.0 Å². The Hall–Kier alpha value is -3.68. The molecule has 0 aliphatic rings. The Kier molecular flexibility index (Phi) is 5.16. The minimum atomic E-state index is -0.676. The predicted octanol–water partition coefficient (Wildman–Crippen LogP) is 3.87. The molecule has 0 fully saturated rings. The molecule has 3 aromatic rings. The van der Waals surface area contributed by atoms with Gasteiger partial charge in [0.2, 0.25) is 5.76 Å². The van der Waals surface area contributed by atoms with Crippen molar-refractivity contribution in [1.82, 2.24) is 0 Å². The van der Waals surface area contributed by atoms with E-state index >= 15 is 0 Å². The molecule has 0 aliphatic carbocycles. The zero-order valence-corrected chi connectivity index (χ0v) is 14.3. The highest BCUT2D eigenvalue weighted by Crippen LogP contribution is 2.27. The van der Waals surface area contributed by atoms with Crippen LogP contribution in [0.5, 0.6) is 0 Å². The molecule has 0 atom stereocenters. The quantitative estimate of drug-likeness (QED) is 0.368. The fraction of sp³-hybridized carbons (Fsp3) is 0.158. The van der Waals surface area contributed by atoms with Gasteiger partial charge in [0, 0.05) is 17.5 Å². The zero-order valence-electron chi connectivity index (χ0n) is 14.3. The summed E-state index contributed by atoms with van der Waals surface area (Å²) in [6.45, 7) is 1.65. The fourth-order valence-corrected chi connectivity index (χ4v) is 2.54. The van der Waals surface area contributed by atoms with Crippen LogP contribution in [0, 0.1) is 10.1 Å². The van der Waals surface area contributed by atoms with Gasteiger partial charge in [-0.05, 0) is 25.1 Å². The van der Waals surface area contributed by atoms with Crippen molar-refractivity contribution in [2.24, 2.45) is 0 Å². The van der Waals surface area contributed by atoms with Crippen molar-refractivity contribution >= 4 is 28.6 Å². The molecular weight excluding hydrogens is 354 g/mol. The Labute approximate surface area is 153 Å². The predicted molar refractivity (Wildman–Crippen MR) is 94.4 cm³/mol. The number of hydrogen-bond donors (Lipinski definition) is 0. The average molecular weight is 369 g/mol. The standard InChI is InChI=1S/C19H15NO7/c1-2-25-19(22)17-15(14-5-3-4-6-16(14)27-17)11-26-18(21)12-7-9-13(10-8-12)20(23)24/h3-10H,2,11H2,1H3. The van der Waals surface area contributed by atoms with E-state index in [1.165, 1.54) is 24.3 Å². The number of non-ortho nitro benzene ring substituents is 1. The summed E-state index contributed by atoms with van der Waals surface area (Å²) in [6.07, 6.45) is 0. The van der Waals surface area contributed by atoms with Gasteiger partial charge in [-0.2, -0.15) is 0 Å². The van der Waals surface area contributed by atoms with Crippen LogP contribution in [0.3, 0.4) is 0 Å². The van der Waals surface area contributed by atoms with Crippen molar-refractivity contribution in [3.8, 4) is 0 Å². The normalized spacial score (nSPS) is 10.6. The van der Waals surface area contributed by atoms with E-state index in [2.05, 4.69) is 0 Å². The first-order valence-corrected chi connectivity index (χ1v) is 8.10. The number of fused-ring (bicyclic) bond motifs is 1. The second-order valence-electron chi connectivity index (χ2n) is 5.51. The molecule has 1 heterocycles. The molecule has 8 nitrogen and oxygen atoms in total. The maximum absolute atomic E-state index is 12.2. The first-order valence-electron chi connectivity index (χ1n) is 8.10. The largest absolute Gasteiger partial charge is 0.460 e. The molecule has 138 valence electrons. The molecule has 0 saturated carbocycles. The Morgan fingerprint density at radius 3 is 2.41 bits per heavy atom. The molecule has 0 N–H and O–H groups in total. The van der Waals surface area contributed by atoms with Crippen LogP contribution in [0.2, 0.25) is 0 Å². The van der Waals surface area contributed by atoms with E-state index in [4.69, 9.17) is 13.9 Å². The summed E-state index contributed by atoms with van der Waals surface area (Å²) in [5, 5.41) is 11.3. The number of esters is 2. The highest BCUT2D eigenvalue weighted by atomic mass is 16.6. The Bertz CT molecular complexity index is 1000. The smallest absolute Gasteiger partial charge is 0.374 e.